The molecule has 32 heavy (non-hydrogen) atoms. The molecule has 1 aliphatic heterocycles. The lowest BCUT2D eigenvalue weighted by molar-refractivity contribution is -0.129. The van der Waals surface area contributed by atoms with Crippen LogP contribution in [0.1, 0.15) is 22.7 Å². The standard InChI is InChI=1S/C26H24BrNO4/c1-31-21-12-11-17(15-22(21)32-2)13-14-28-24(19-9-6-10-20(27)16-19)23(25(29)26(28)30)18-7-4-3-5-8-18/h3-12,15-16,24,29H,13-14H2,1-2H3/t24-/m0/s1. The predicted molar refractivity (Wildman–Crippen MR) is 128 cm³/mol. The van der Waals surface area contributed by atoms with Gasteiger partial charge in [0.05, 0.1) is 20.3 Å². The van der Waals surface area contributed by atoms with Crippen molar-refractivity contribution in [3.63, 3.8) is 0 Å². The number of aliphatic hydroxyl groups is 1. The number of ether oxygens (including phenoxy) is 2. The van der Waals surface area contributed by atoms with Gasteiger partial charge in [0.25, 0.3) is 5.91 Å². The van der Waals surface area contributed by atoms with Crippen molar-refractivity contribution >= 4 is 27.4 Å². The second kappa shape index (κ2) is 9.49. The van der Waals surface area contributed by atoms with Crippen molar-refractivity contribution in [1.29, 1.82) is 0 Å². The zero-order valence-corrected chi connectivity index (χ0v) is 19.5. The third-order valence-corrected chi connectivity index (χ3v) is 6.14. The zero-order valence-electron chi connectivity index (χ0n) is 17.9. The second-order valence-corrected chi connectivity index (χ2v) is 8.44. The summed E-state index contributed by atoms with van der Waals surface area (Å²) in [5, 5.41) is 10.9. The fourth-order valence-electron chi connectivity index (χ4n) is 4.11. The van der Waals surface area contributed by atoms with E-state index in [1.165, 1.54) is 0 Å². The van der Waals surface area contributed by atoms with Gasteiger partial charge in [0.1, 0.15) is 0 Å². The second-order valence-electron chi connectivity index (χ2n) is 7.52. The number of aliphatic hydroxyl groups excluding tert-OH is 1. The van der Waals surface area contributed by atoms with E-state index >= 15 is 0 Å². The lowest BCUT2D eigenvalue weighted by Gasteiger charge is -2.27. The van der Waals surface area contributed by atoms with Crippen LogP contribution in [-0.2, 0) is 11.2 Å². The highest BCUT2D eigenvalue weighted by Gasteiger charge is 2.40. The molecule has 4 rings (SSSR count). The van der Waals surface area contributed by atoms with E-state index in [-0.39, 0.29) is 17.7 Å². The first-order valence-electron chi connectivity index (χ1n) is 10.3. The van der Waals surface area contributed by atoms with Gasteiger partial charge in [0.15, 0.2) is 17.3 Å². The Kier molecular flexibility index (Phi) is 6.51. The number of halogens is 1. The van der Waals surface area contributed by atoms with Gasteiger partial charge in [-0.25, -0.2) is 0 Å². The Morgan fingerprint density at radius 1 is 0.938 bits per heavy atom. The van der Waals surface area contributed by atoms with Crippen LogP contribution in [0.2, 0.25) is 0 Å². The Labute approximate surface area is 196 Å². The molecule has 0 spiro atoms. The molecule has 0 saturated carbocycles. The fourth-order valence-corrected chi connectivity index (χ4v) is 4.52. The summed E-state index contributed by atoms with van der Waals surface area (Å²) in [6, 6.07) is 22.8. The Hall–Kier alpha value is -3.25. The molecule has 3 aromatic carbocycles. The topological polar surface area (TPSA) is 59.0 Å². The van der Waals surface area contributed by atoms with Crippen molar-refractivity contribution in [1.82, 2.24) is 4.90 Å². The minimum atomic E-state index is -0.387. The van der Waals surface area contributed by atoms with Crippen LogP contribution >= 0.6 is 15.9 Å². The first-order valence-corrected chi connectivity index (χ1v) is 11.1. The first kappa shape index (κ1) is 22.0. The van der Waals surface area contributed by atoms with Crippen molar-refractivity contribution in [2.45, 2.75) is 12.5 Å². The van der Waals surface area contributed by atoms with Crippen molar-refractivity contribution in [2.75, 3.05) is 20.8 Å². The molecule has 0 radical (unpaired) electrons. The summed E-state index contributed by atoms with van der Waals surface area (Å²) < 4.78 is 11.6. The number of benzene rings is 3. The predicted octanol–water partition coefficient (Wildman–Crippen LogP) is 5.56. The number of carbonyl (C=O) groups excluding carboxylic acids is 1. The number of hydrogen-bond donors (Lipinski definition) is 1. The summed E-state index contributed by atoms with van der Waals surface area (Å²) in [5.41, 5.74) is 3.40. The number of amides is 1. The molecule has 0 unspecified atom stereocenters. The Morgan fingerprint density at radius 2 is 1.69 bits per heavy atom. The van der Waals surface area contributed by atoms with Crippen LogP contribution in [0.25, 0.3) is 5.57 Å². The van der Waals surface area contributed by atoms with Gasteiger partial charge in [0.2, 0.25) is 0 Å². The summed E-state index contributed by atoms with van der Waals surface area (Å²) in [4.78, 5) is 14.9. The molecule has 1 aliphatic rings. The quantitative estimate of drug-likeness (QED) is 0.467. The van der Waals surface area contributed by atoms with Gasteiger partial charge in [0, 0.05) is 16.6 Å². The molecule has 164 valence electrons. The Balaban J connectivity index is 1.69. The van der Waals surface area contributed by atoms with Crippen molar-refractivity contribution in [2.24, 2.45) is 0 Å². The van der Waals surface area contributed by atoms with Gasteiger partial charge < -0.3 is 19.5 Å². The monoisotopic (exact) mass is 493 g/mol. The first-order chi connectivity index (χ1) is 15.5. The SMILES string of the molecule is COc1ccc(CCN2C(=O)C(O)=C(c3ccccc3)[C@@H]2c2cccc(Br)c2)cc1OC. The van der Waals surface area contributed by atoms with Crippen molar-refractivity contribution in [3.8, 4) is 11.5 Å². The molecule has 1 heterocycles. The van der Waals surface area contributed by atoms with E-state index in [4.69, 9.17) is 9.47 Å². The molecule has 1 atom stereocenters. The number of carbonyl (C=O) groups is 1. The summed E-state index contributed by atoms with van der Waals surface area (Å²) in [6.07, 6.45) is 0.603. The molecule has 6 heteroatoms. The molecule has 0 fully saturated rings. The maximum absolute atomic E-state index is 13.2. The molecular weight excluding hydrogens is 470 g/mol. The van der Waals surface area contributed by atoms with Gasteiger partial charge in [-0.15, -0.1) is 0 Å². The van der Waals surface area contributed by atoms with Crippen LogP contribution in [0.3, 0.4) is 0 Å². The van der Waals surface area contributed by atoms with E-state index in [0.717, 1.165) is 21.2 Å². The number of hydrogen-bond acceptors (Lipinski definition) is 4. The highest BCUT2D eigenvalue weighted by atomic mass is 79.9. The van der Waals surface area contributed by atoms with Gasteiger partial charge in [-0.3, -0.25) is 4.79 Å². The third kappa shape index (κ3) is 4.23. The molecule has 0 aromatic heterocycles. The minimum absolute atomic E-state index is 0.200. The van der Waals surface area contributed by atoms with E-state index in [1.807, 2.05) is 72.8 Å². The van der Waals surface area contributed by atoms with Crippen LogP contribution in [0, 0.1) is 0 Å². The normalized spacial score (nSPS) is 15.9. The van der Waals surface area contributed by atoms with E-state index in [1.54, 1.807) is 19.1 Å². The van der Waals surface area contributed by atoms with Crippen LogP contribution in [0.15, 0.2) is 83.0 Å². The Bertz CT molecular complexity index is 1160. The van der Waals surface area contributed by atoms with Crippen LogP contribution in [-0.4, -0.2) is 36.7 Å². The smallest absolute Gasteiger partial charge is 0.289 e. The maximum atomic E-state index is 13.2. The van der Waals surface area contributed by atoms with Gasteiger partial charge in [-0.05, 0) is 47.4 Å². The fraction of sp³-hybridized carbons (Fsp3) is 0.192. The summed E-state index contributed by atoms with van der Waals surface area (Å²) in [7, 11) is 3.20. The number of methoxy groups -OCH3 is 2. The molecule has 1 N–H and O–H groups in total. The third-order valence-electron chi connectivity index (χ3n) is 5.64. The average Bonchev–Trinajstić information content (AvgIpc) is 3.08. The van der Waals surface area contributed by atoms with Crippen LogP contribution in [0.5, 0.6) is 11.5 Å². The molecule has 0 saturated heterocycles. The Morgan fingerprint density at radius 3 is 2.38 bits per heavy atom. The number of rotatable bonds is 7. The lowest BCUT2D eigenvalue weighted by Crippen LogP contribution is -2.32. The van der Waals surface area contributed by atoms with Crippen LogP contribution in [0.4, 0.5) is 0 Å². The minimum Gasteiger partial charge on any atom is -0.503 e. The van der Waals surface area contributed by atoms with Crippen molar-refractivity contribution < 1.29 is 19.4 Å². The van der Waals surface area contributed by atoms with Gasteiger partial charge in [-0.2, -0.15) is 0 Å². The maximum Gasteiger partial charge on any atom is 0.289 e. The lowest BCUT2D eigenvalue weighted by atomic mass is 9.93. The average molecular weight is 494 g/mol. The largest absolute Gasteiger partial charge is 0.503 e. The molecule has 0 aliphatic carbocycles. The molecule has 0 bridgehead atoms. The zero-order chi connectivity index (χ0) is 22.7. The number of nitrogens with zero attached hydrogens (tertiary/aromatic N) is 1. The van der Waals surface area contributed by atoms with Gasteiger partial charge in [-0.1, -0.05) is 64.5 Å². The van der Waals surface area contributed by atoms with Crippen molar-refractivity contribution in [3.05, 3.63) is 99.7 Å². The summed E-state index contributed by atoms with van der Waals surface area (Å²) >= 11 is 3.53. The summed E-state index contributed by atoms with van der Waals surface area (Å²) in [5.74, 6) is 0.737. The summed E-state index contributed by atoms with van der Waals surface area (Å²) in [6.45, 7) is 0.436. The highest BCUT2D eigenvalue weighted by Crippen LogP contribution is 2.43. The molecular formula is C26H24BrNO4. The highest BCUT2D eigenvalue weighted by molar-refractivity contribution is 9.10. The van der Waals surface area contributed by atoms with Crippen LogP contribution < -0.4 is 9.47 Å². The van der Waals surface area contributed by atoms with Gasteiger partial charge >= 0.3 is 0 Å². The van der Waals surface area contributed by atoms with E-state index < -0.39 is 0 Å². The van der Waals surface area contributed by atoms with E-state index in [0.29, 0.717) is 30.0 Å². The van der Waals surface area contributed by atoms with E-state index in [9.17, 15) is 9.90 Å². The molecule has 3 aromatic rings. The molecule has 5 nitrogen and oxygen atoms in total. The molecule has 1 amide bonds. The van der Waals surface area contributed by atoms with E-state index in [2.05, 4.69) is 15.9 Å².